The Morgan fingerprint density at radius 1 is 1.30 bits per heavy atom. The molecule has 0 aromatic heterocycles. The second-order valence-electron chi connectivity index (χ2n) is 4.05. The van der Waals surface area contributed by atoms with Crippen LogP contribution in [-0.2, 0) is 6.54 Å². The van der Waals surface area contributed by atoms with Crippen molar-refractivity contribution in [3.8, 4) is 6.07 Å². The van der Waals surface area contributed by atoms with E-state index in [-0.39, 0.29) is 11.3 Å². The first-order valence-corrected chi connectivity index (χ1v) is 6.57. The van der Waals surface area contributed by atoms with Gasteiger partial charge in [-0.15, -0.1) is 0 Å². The Balaban J connectivity index is 2.17. The van der Waals surface area contributed by atoms with Crippen molar-refractivity contribution in [2.24, 2.45) is 0 Å². The molecule has 0 radical (unpaired) electrons. The van der Waals surface area contributed by atoms with E-state index in [1.807, 2.05) is 30.3 Å². The normalized spacial score (nSPS) is 9.80. The third-order valence-corrected chi connectivity index (χ3v) is 3.53. The van der Waals surface area contributed by atoms with Crippen LogP contribution in [0.2, 0.25) is 0 Å². The van der Waals surface area contributed by atoms with Crippen LogP contribution in [-0.4, -0.2) is 4.92 Å². The highest BCUT2D eigenvalue weighted by Crippen LogP contribution is 2.23. The zero-order valence-electron chi connectivity index (χ0n) is 10.3. The maximum Gasteiger partial charge on any atom is 0.287 e. The Morgan fingerprint density at radius 2 is 2.05 bits per heavy atom. The van der Waals surface area contributed by atoms with Gasteiger partial charge in [-0.3, -0.25) is 10.1 Å². The van der Waals surface area contributed by atoms with E-state index in [0.29, 0.717) is 12.2 Å². The molecule has 5 nitrogen and oxygen atoms in total. The molecule has 2 rings (SSSR count). The molecule has 0 unspecified atom stereocenters. The Morgan fingerprint density at radius 3 is 2.70 bits per heavy atom. The molecule has 0 saturated carbocycles. The fraction of sp³-hybridized carbons (Fsp3) is 0.0714. The maximum atomic E-state index is 10.7. The van der Waals surface area contributed by atoms with E-state index < -0.39 is 4.92 Å². The maximum absolute atomic E-state index is 10.7. The molecule has 0 heterocycles. The van der Waals surface area contributed by atoms with Crippen molar-refractivity contribution >= 4 is 27.3 Å². The minimum absolute atomic E-state index is 0.0483. The number of nitriles is 1. The molecule has 2 aromatic rings. The molecule has 0 aliphatic carbocycles. The van der Waals surface area contributed by atoms with Crippen LogP contribution in [0.5, 0.6) is 0 Å². The molecule has 1 N–H and O–H groups in total. The van der Waals surface area contributed by atoms with E-state index in [1.165, 1.54) is 12.1 Å². The lowest BCUT2D eigenvalue weighted by molar-refractivity contribution is -0.385. The van der Waals surface area contributed by atoms with Gasteiger partial charge in [0, 0.05) is 22.8 Å². The van der Waals surface area contributed by atoms with E-state index >= 15 is 0 Å². The van der Waals surface area contributed by atoms with Crippen LogP contribution in [0.1, 0.15) is 11.1 Å². The highest BCUT2D eigenvalue weighted by molar-refractivity contribution is 9.10. The van der Waals surface area contributed by atoms with E-state index in [9.17, 15) is 10.1 Å². The van der Waals surface area contributed by atoms with Crippen LogP contribution >= 0.6 is 15.9 Å². The van der Waals surface area contributed by atoms with Crippen LogP contribution in [0.25, 0.3) is 0 Å². The third kappa shape index (κ3) is 3.13. The summed E-state index contributed by atoms with van der Waals surface area (Å²) >= 11 is 3.45. The van der Waals surface area contributed by atoms with Crippen LogP contribution in [0, 0.1) is 21.4 Å². The van der Waals surface area contributed by atoms with E-state index in [1.54, 1.807) is 6.07 Å². The summed E-state index contributed by atoms with van der Waals surface area (Å²) in [6, 6.07) is 14.0. The molecule has 0 aliphatic heterocycles. The Hall–Kier alpha value is -2.39. The fourth-order valence-electron chi connectivity index (χ4n) is 1.73. The number of hydrogen-bond donors (Lipinski definition) is 1. The van der Waals surface area contributed by atoms with Gasteiger partial charge in [-0.05, 0) is 23.8 Å². The number of anilines is 1. The molecule has 0 aliphatic rings. The van der Waals surface area contributed by atoms with Gasteiger partial charge in [-0.25, -0.2) is 0 Å². The zero-order valence-corrected chi connectivity index (χ0v) is 11.9. The summed E-state index contributed by atoms with van der Waals surface area (Å²) in [6.07, 6.45) is 0. The Labute approximate surface area is 124 Å². The monoisotopic (exact) mass is 331 g/mol. The lowest BCUT2D eigenvalue weighted by Gasteiger charge is -2.08. The molecule has 0 bridgehead atoms. The molecule has 20 heavy (non-hydrogen) atoms. The molecule has 0 amide bonds. The highest BCUT2D eigenvalue weighted by atomic mass is 79.9. The van der Waals surface area contributed by atoms with Gasteiger partial charge in [0.05, 0.1) is 4.92 Å². The Kier molecular flexibility index (Phi) is 4.33. The van der Waals surface area contributed by atoms with Crippen molar-refractivity contribution in [2.45, 2.75) is 6.54 Å². The number of nitro groups is 1. The minimum Gasteiger partial charge on any atom is -0.381 e. The van der Waals surface area contributed by atoms with E-state index in [0.717, 1.165) is 10.0 Å². The summed E-state index contributed by atoms with van der Waals surface area (Å²) in [4.78, 5) is 10.2. The van der Waals surface area contributed by atoms with Crippen molar-refractivity contribution < 1.29 is 4.92 Å². The van der Waals surface area contributed by atoms with Crippen LogP contribution in [0.3, 0.4) is 0 Å². The van der Waals surface area contributed by atoms with Gasteiger partial charge < -0.3 is 5.32 Å². The number of nitro benzene ring substituents is 1. The van der Waals surface area contributed by atoms with Crippen molar-refractivity contribution in [2.75, 3.05) is 5.32 Å². The first-order valence-electron chi connectivity index (χ1n) is 5.77. The first-order chi connectivity index (χ1) is 9.61. The van der Waals surface area contributed by atoms with Crippen molar-refractivity contribution in [3.05, 3.63) is 68.2 Å². The molecule has 0 atom stereocenters. The summed E-state index contributed by atoms with van der Waals surface area (Å²) in [5, 5.41) is 22.8. The zero-order chi connectivity index (χ0) is 14.5. The van der Waals surface area contributed by atoms with Gasteiger partial charge in [-0.2, -0.15) is 5.26 Å². The fourth-order valence-corrected chi connectivity index (χ4v) is 2.16. The second kappa shape index (κ2) is 6.17. The second-order valence-corrected chi connectivity index (χ2v) is 4.90. The summed E-state index contributed by atoms with van der Waals surface area (Å²) < 4.78 is 0.981. The highest BCUT2D eigenvalue weighted by Gasteiger charge is 2.13. The SMILES string of the molecule is N#Cc1cc(NCc2ccccc2Br)ccc1[N+](=O)[O-]. The molecule has 0 spiro atoms. The molecular formula is C14H10BrN3O2. The smallest absolute Gasteiger partial charge is 0.287 e. The molecule has 6 heteroatoms. The molecule has 0 saturated heterocycles. The Bertz CT molecular complexity index is 695. The van der Waals surface area contributed by atoms with E-state index in [2.05, 4.69) is 21.2 Å². The van der Waals surface area contributed by atoms with Gasteiger partial charge in [0.25, 0.3) is 5.69 Å². The quantitative estimate of drug-likeness (QED) is 0.681. The lowest BCUT2D eigenvalue weighted by Crippen LogP contribution is -2.01. The third-order valence-electron chi connectivity index (χ3n) is 2.75. The van der Waals surface area contributed by atoms with Crippen LogP contribution in [0.4, 0.5) is 11.4 Å². The number of nitrogens with one attached hydrogen (secondary N) is 1. The van der Waals surface area contributed by atoms with Gasteiger partial charge in [0.15, 0.2) is 0 Å². The lowest BCUT2D eigenvalue weighted by atomic mass is 10.1. The predicted molar refractivity (Wildman–Crippen MR) is 79.3 cm³/mol. The van der Waals surface area contributed by atoms with Gasteiger partial charge in [0.2, 0.25) is 0 Å². The number of benzene rings is 2. The van der Waals surface area contributed by atoms with Gasteiger partial charge in [-0.1, -0.05) is 34.1 Å². The largest absolute Gasteiger partial charge is 0.381 e. The summed E-state index contributed by atoms with van der Waals surface area (Å²) in [5.41, 5.74) is 1.60. The number of hydrogen-bond acceptors (Lipinski definition) is 4. The topological polar surface area (TPSA) is 79.0 Å². The first kappa shape index (κ1) is 14.0. The summed E-state index contributed by atoms with van der Waals surface area (Å²) in [6.45, 7) is 0.560. The predicted octanol–water partition coefficient (Wildman–Crippen LogP) is 3.84. The molecular weight excluding hydrogens is 322 g/mol. The standard InChI is InChI=1S/C14H10BrN3O2/c15-13-4-2-1-3-10(13)9-17-12-5-6-14(18(19)20)11(7-12)8-16/h1-7,17H,9H2. The number of nitrogens with zero attached hydrogens (tertiary/aromatic N) is 2. The van der Waals surface area contributed by atoms with Crippen molar-refractivity contribution in [1.82, 2.24) is 0 Å². The average molecular weight is 332 g/mol. The number of halogens is 1. The van der Waals surface area contributed by atoms with Gasteiger partial charge >= 0.3 is 0 Å². The minimum atomic E-state index is -0.559. The van der Waals surface area contributed by atoms with Crippen molar-refractivity contribution in [1.29, 1.82) is 5.26 Å². The summed E-state index contributed by atoms with van der Waals surface area (Å²) in [7, 11) is 0. The average Bonchev–Trinajstić information content (AvgIpc) is 2.46. The molecule has 0 fully saturated rings. The van der Waals surface area contributed by atoms with Gasteiger partial charge in [0.1, 0.15) is 11.6 Å². The van der Waals surface area contributed by atoms with Crippen LogP contribution in [0.15, 0.2) is 46.9 Å². The number of rotatable bonds is 4. The van der Waals surface area contributed by atoms with Crippen molar-refractivity contribution in [3.63, 3.8) is 0 Å². The van der Waals surface area contributed by atoms with Crippen LogP contribution < -0.4 is 5.32 Å². The molecule has 2 aromatic carbocycles. The summed E-state index contributed by atoms with van der Waals surface area (Å²) in [5.74, 6) is 0. The molecule has 100 valence electrons. The van der Waals surface area contributed by atoms with E-state index in [4.69, 9.17) is 5.26 Å².